The molecule has 0 aliphatic heterocycles. The lowest BCUT2D eigenvalue weighted by Crippen LogP contribution is -2.07. The van der Waals surface area contributed by atoms with Gasteiger partial charge >= 0.3 is 5.97 Å². The average molecular weight is 242 g/mol. The first-order valence-electron chi connectivity index (χ1n) is 6.33. The van der Waals surface area contributed by atoms with Gasteiger partial charge in [-0.05, 0) is 35.2 Å². The SMILES string of the molecule is CC(C)CCOC(=O)c1ccc2ccccc2c1. The van der Waals surface area contributed by atoms with Crippen molar-refractivity contribution in [2.75, 3.05) is 6.61 Å². The topological polar surface area (TPSA) is 26.3 Å². The first kappa shape index (κ1) is 12.6. The van der Waals surface area contributed by atoms with Gasteiger partial charge in [-0.1, -0.05) is 44.2 Å². The van der Waals surface area contributed by atoms with Crippen LogP contribution in [0.1, 0.15) is 30.6 Å². The average Bonchev–Trinajstić information content (AvgIpc) is 2.37. The molecule has 0 unspecified atom stereocenters. The van der Waals surface area contributed by atoms with Gasteiger partial charge in [-0.3, -0.25) is 0 Å². The largest absolute Gasteiger partial charge is 0.462 e. The second kappa shape index (κ2) is 5.67. The molecule has 0 aliphatic carbocycles. The fourth-order valence-electron chi connectivity index (χ4n) is 1.79. The minimum absolute atomic E-state index is 0.235. The molecule has 0 saturated carbocycles. The standard InChI is InChI=1S/C16H18O2/c1-12(2)9-10-18-16(17)15-8-7-13-5-3-4-6-14(13)11-15/h3-8,11-12H,9-10H2,1-2H3. The van der Waals surface area contributed by atoms with E-state index in [4.69, 9.17) is 4.74 Å². The van der Waals surface area contributed by atoms with Crippen molar-refractivity contribution in [1.82, 2.24) is 0 Å². The number of hydrogen-bond acceptors (Lipinski definition) is 2. The highest BCUT2D eigenvalue weighted by atomic mass is 16.5. The molecular weight excluding hydrogens is 224 g/mol. The summed E-state index contributed by atoms with van der Waals surface area (Å²) in [6, 6.07) is 13.6. The van der Waals surface area contributed by atoms with Crippen LogP contribution in [0, 0.1) is 5.92 Å². The molecule has 0 saturated heterocycles. The fraction of sp³-hybridized carbons (Fsp3) is 0.312. The molecule has 2 aromatic rings. The smallest absolute Gasteiger partial charge is 0.338 e. The van der Waals surface area contributed by atoms with E-state index in [1.807, 2.05) is 42.5 Å². The zero-order valence-corrected chi connectivity index (χ0v) is 10.8. The minimum atomic E-state index is -0.235. The van der Waals surface area contributed by atoms with Gasteiger partial charge in [0, 0.05) is 0 Å². The molecule has 2 nitrogen and oxygen atoms in total. The summed E-state index contributed by atoms with van der Waals surface area (Å²) in [5, 5.41) is 2.20. The molecule has 0 bridgehead atoms. The molecule has 2 aromatic carbocycles. The first-order chi connectivity index (χ1) is 8.66. The lowest BCUT2D eigenvalue weighted by molar-refractivity contribution is 0.0488. The normalized spacial score (nSPS) is 10.8. The van der Waals surface area contributed by atoms with E-state index >= 15 is 0 Å². The summed E-state index contributed by atoms with van der Waals surface area (Å²) in [6.45, 7) is 4.72. The molecule has 0 amide bonds. The van der Waals surface area contributed by atoms with Crippen molar-refractivity contribution in [2.24, 2.45) is 5.92 Å². The number of hydrogen-bond donors (Lipinski definition) is 0. The number of ether oxygens (including phenoxy) is 1. The van der Waals surface area contributed by atoms with E-state index in [1.165, 1.54) is 0 Å². The predicted molar refractivity (Wildman–Crippen MR) is 73.7 cm³/mol. The number of fused-ring (bicyclic) bond motifs is 1. The van der Waals surface area contributed by atoms with Gasteiger partial charge in [0.15, 0.2) is 0 Å². The quantitative estimate of drug-likeness (QED) is 0.756. The molecule has 2 rings (SSSR count). The third-order valence-corrected chi connectivity index (χ3v) is 2.91. The molecule has 94 valence electrons. The summed E-state index contributed by atoms with van der Waals surface area (Å²) in [4.78, 5) is 11.8. The summed E-state index contributed by atoms with van der Waals surface area (Å²) in [7, 11) is 0. The van der Waals surface area contributed by atoms with Crippen LogP contribution in [0.4, 0.5) is 0 Å². The van der Waals surface area contributed by atoms with Crippen LogP contribution in [0.25, 0.3) is 10.8 Å². The second-order valence-electron chi connectivity index (χ2n) is 4.88. The van der Waals surface area contributed by atoms with Gasteiger partial charge in [-0.2, -0.15) is 0 Å². The van der Waals surface area contributed by atoms with Crippen LogP contribution in [-0.4, -0.2) is 12.6 Å². The van der Waals surface area contributed by atoms with Crippen molar-refractivity contribution < 1.29 is 9.53 Å². The number of carbonyl (C=O) groups excluding carboxylic acids is 1. The Bertz CT molecular complexity index is 544. The fourth-order valence-corrected chi connectivity index (χ4v) is 1.79. The van der Waals surface area contributed by atoms with Crippen molar-refractivity contribution in [2.45, 2.75) is 20.3 Å². The molecule has 0 aliphatic rings. The van der Waals surface area contributed by atoms with Crippen molar-refractivity contribution in [3.05, 3.63) is 48.0 Å². The summed E-state index contributed by atoms with van der Waals surface area (Å²) in [6.07, 6.45) is 0.902. The molecule has 0 heterocycles. The van der Waals surface area contributed by atoms with Gasteiger partial charge in [0.1, 0.15) is 0 Å². The Labute approximate surface area is 108 Å². The maximum absolute atomic E-state index is 11.8. The summed E-state index contributed by atoms with van der Waals surface area (Å²) in [5.74, 6) is 0.316. The number of benzene rings is 2. The zero-order valence-electron chi connectivity index (χ0n) is 10.8. The molecule has 0 fully saturated rings. The van der Waals surface area contributed by atoms with Crippen molar-refractivity contribution in [3.8, 4) is 0 Å². The highest BCUT2D eigenvalue weighted by Crippen LogP contribution is 2.16. The van der Waals surface area contributed by atoms with Gasteiger partial charge in [0.2, 0.25) is 0 Å². The predicted octanol–water partition coefficient (Wildman–Crippen LogP) is 4.04. The molecule has 18 heavy (non-hydrogen) atoms. The summed E-state index contributed by atoms with van der Waals surface area (Å²) in [5.41, 5.74) is 0.623. The van der Waals surface area contributed by atoms with E-state index in [9.17, 15) is 4.79 Å². The summed E-state index contributed by atoms with van der Waals surface area (Å²) >= 11 is 0. The van der Waals surface area contributed by atoms with Gasteiger partial charge in [-0.15, -0.1) is 0 Å². The Morgan fingerprint density at radius 2 is 1.83 bits per heavy atom. The molecule has 2 heteroatoms. The number of esters is 1. The number of carbonyl (C=O) groups is 1. The van der Waals surface area contributed by atoms with Crippen LogP contribution in [0.3, 0.4) is 0 Å². The Kier molecular flexibility index (Phi) is 3.98. The molecule has 0 N–H and O–H groups in total. The van der Waals surface area contributed by atoms with Crippen LogP contribution in [-0.2, 0) is 4.74 Å². The molecular formula is C16H18O2. The minimum Gasteiger partial charge on any atom is -0.462 e. The Morgan fingerprint density at radius 1 is 1.11 bits per heavy atom. The monoisotopic (exact) mass is 242 g/mol. The van der Waals surface area contributed by atoms with Crippen molar-refractivity contribution in [3.63, 3.8) is 0 Å². The molecule has 0 radical (unpaired) electrons. The number of rotatable bonds is 4. The zero-order chi connectivity index (χ0) is 13.0. The molecule has 0 aromatic heterocycles. The van der Waals surface area contributed by atoms with Gasteiger partial charge in [0.05, 0.1) is 12.2 Å². The second-order valence-corrected chi connectivity index (χ2v) is 4.88. The Hall–Kier alpha value is -1.83. The lowest BCUT2D eigenvalue weighted by atomic mass is 10.1. The maximum Gasteiger partial charge on any atom is 0.338 e. The van der Waals surface area contributed by atoms with E-state index in [0.717, 1.165) is 17.2 Å². The third kappa shape index (κ3) is 3.10. The van der Waals surface area contributed by atoms with Crippen LogP contribution in [0.2, 0.25) is 0 Å². The van der Waals surface area contributed by atoms with Crippen molar-refractivity contribution in [1.29, 1.82) is 0 Å². The van der Waals surface area contributed by atoms with E-state index in [1.54, 1.807) is 0 Å². The van der Waals surface area contributed by atoms with Gasteiger partial charge in [0.25, 0.3) is 0 Å². The van der Waals surface area contributed by atoms with E-state index in [-0.39, 0.29) is 5.97 Å². The van der Waals surface area contributed by atoms with Crippen LogP contribution in [0.5, 0.6) is 0 Å². The van der Waals surface area contributed by atoms with Crippen LogP contribution >= 0.6 is 0 Å². The van der Waals surface area contributed by atoms with Gasteiger partial charge in [-0.25, -0.2) is 4.79 Å². The first-order valence-corrected chi connectivity index (χ1v) is 6.33. The Morgan fingerprint density at radius 3 is 2.56 bits per heavy atom. The molecule has 0 spiro atoms. The van der Waals surface area contributed by atoms with Crippen LogP contribution < -0.4 is 0 Å². The molecule has 0 atom stereocenters. The highest BCUT2D eigenvalue weighted by molar-refractivity contribution is 5.95. The van der Waals surface area contributed by atoms with E-state index < -0.39 is 0 Å². The Balaban J connectivity index is 2.08. The van der Waals surface area contributed by atoms with Crippen molar-refractivity contribution >= 4 is 16.7 Å². The van der Waals surface area contributed by atoms with E-state index in [0.29, 0.717) is 18.1 Å². The van der Waals surface area contributed by atoms with E-state index in [2.05, 4.69) is 13.8 Å². The highest BCUT2D eigenvalue weighted by Gasteiger charge is 2.07. The summed E-state index contributed by atoms with van der Waals surface area (Å²) < 4.78 is 5.25. The maximum atomic E-state index is 11.8. The third-order valence-electron chi connectivity index (χ3n) is 2.91. The lowest BCUT2D eigenvalue weighted by Gasteiger charge is -2.07. The van der Waals surface area contributed by atoms with Gasteiger partial charge < -0.3 is 4.74 Å². The van der Waals surface area contributed by atoms with Crippen LogP contribution in [0.15, 0.2) is 42.5 Å².